The Morgan fingerprint density at radius 3 is 2.08 bits per heavy atom. The molecule has 0 spiro atoms. The van der Waals surface area contributed by atoms with Crippen LogP contribution in [0.25, 0.3) is 0 Å². The summed E-state index contributed by atoms with van der Waals surface area (Å²) in [6.45, 7) is 11.7. The zero-order valence-electron chi connectivity index (χ0n) is 8.85. The highest BCUT2D eigenvalue weighted by Gasteiger charge is 1.81. The molecule has 0 amide bonds. The molecule has 0 heterocycles. The lowest BCUT2D eigenvalue weighted by molar-refractivity contribution is 0.309. The van der Waals surface area contributed by atoms with Gasteiger partial charge in [0.1, 0.15) is 5.76 Å². The van der Waals surface area contributed by atoms with Crippen LogP contribution in [0.4, 0.5) is 0 Å². The van der Waals surface area contributed by atoms with E-state index < -0.39 is 0 Å². The predicted molar refractivity (Wildman–Crippen MR) is 56.1 cm³/mol. The van der Waals surface area contributed by atoms with Gasteiger partial charge in [0.05, 0.1) is 7.11 Å². The summed E-state index contributed by atoms with van der Waals surface area (Å²) in [6, 6.07) is 0. The van der Waals surface area contributed by atoms with Gasteiger partial charge in [-0.3, -0.25) is 0 Å². The highest BCUT2D eigenvalue weighted by atomic mass is 16.5. The topological polar surface area (TPSA) is 9.23 Å². The molecule has 12 heavy (non-hydrogen) atoms. The minimum absolute atomic E-state index is 0.682. The zero-order valence-corrected chi connectivity index (χ0v) is 8.85. The van der Waals surface area contributed by atoms with Crippen LogP contribution in [0.5, 0.6) is 0 Å². The molecule has 70 valence electrons. The number of rotatable bonds is 3. The maximum absolute atomic E-state index is 4.84. The van der Waals surface area contributed by atoms with Gasteiger partial charge in [0.2, 0.25) is 0 Å². The maximum Gasteiger partial charge on any atom is 0.111 e. The van der Waals surface area contributed by atoms with Crippen molar-refractivity contribution in [2.75, 3.05) is 7.11 Å². The molecule has 0 unspecified atom stereocenters. The molecule has 0 saturated heterocycles. The minimum Gasteiger partial charge on any atom is -0.497 e. The van der Waals surface area contributed by atoms with Crippen LogP contribution >= 0.6 is 0 Å². The second-order valence-electron chi connectivity index (χ2n) is 2.04. The molecule has 0 fully saturated rings. The van der Waals surface area contributed by atoms with Crippen molar-refractivity contribution in [1.82, 2.24) is 0 Å². The van der Waals surface area contributed by atoms with Gasteiger partial charge in [-0.25, -0.2) is 0 Å². The monoisotopic (exact) mass is 168 g/mol. The van der Waals surface area contributed by atoms with Crippen LogP contribution in [0.2, 0.25) is 0 Å². The van der Waals surface area contributed by atoms with Crippen LogP contribution in [0, 0.1) is 0 Å². The average molecular weight is 168 g/mol. The predicted octanol–water partition coefficient (Wildman–Crippen LogP) is 3.70. The van der Waals surface area contributed by atoms with Crippen molar-refractivity contribution < 1.29 is 4.74 Å². The summed E-state index contributed by atoms with van der Waals surface area (Å²) >= 11 is 0. The van der Waals surface area contributed by atoms with E-state index in [1.54, 1.807) is 7.11 Å². The van der Waals surface area contributed by atoms with Gasteiger partial charge < -0.3 is 4.74 Å². The second-order valence-corrected chi connectivity index (χ2v) is 2.04. The van der Waals surface area contributed by atoms with Crippen molar-refractivity contribution in [3.8, 4) is 0 Å². The second kappa shape index (κ2) is 10.0. The Morgan fingerprint density at radius 2 is 1.75 bits per heavy atom. The molecular formula is C11H20O. The van der Waals surface area contributed by atoms with Crippen LogP contribution < -0.4 is 0 Å². The number of allylic oxidation sites excluding steroid dienone is 4. The molecule has 0 aromatic carbocycles. The van der Waals surface area contributed by atoms with Gasteiger partial charge in [0.15, 0.2) is 0 Å². The van der Waals surface area contributed by atoms with Crippen molar-refractivity contribution in [3.63, 3.8) is 0 Å². The maximum atomic E-state index is 4.84. The van der Waals surface area contributed by atoms with E-state index in [1.807, 2.05) is 45.9 Å². The number of hydrogen-bond donors (Lipinski definition) is 0. The van der Waals surface area contributed by atoms with Gasteiger partial charge in [-0.15, -0.1) is 0 Å². The first kappa shape index (κ1) is 13.6. The van der Waals surface area contributed by atoms with E-state index in [4.69, 9.17) is 4.74 Å². The Kier molecular flexibility index (Phi) is 11.4. The Balaban J connectivity index is 0. The third-order valence-electron chi connectivity index (χ3n) is 1.25. The van der Waals surface area contributed by atoms with Crippen molar-refractivity contribution >= 4 is 0 Å². The van der Waals surface area contributed by atoms with E-state index in [0.717, 1.165) is 0 Å². The van der Waals surface area contributed by atoms with Gasteiger partial charge in [-0.1, -0.05) is 38.2 Å². The molecule has 1 heteroatoms. The molecule has 0 saturated carbocycles. The Labute approximate surface area is 76.4 Å². The summed E-state index contributed by atoms with van der Waals surface area (Å²) in [7, 11) is 1.61. The van der Waals surface area contributed by atoms with Gasteiger partial charge in [-0.2, -0.15) is 0 Å². The van der Waals surface area contributed by atoms with Crippen LogP contribution in [-0.2, 0) is 4.74 Å². The molecule has 0 aliphatic heterocycles. The molecule has 0 aliphatic carbocycles. The van der Waals surface area contributed by atoms with Crippen molar-refractivity contribution in [2.24, 2.45) is 0 Å². The van der Waals surface area contributed by atoms with Crippen LogP contribution in [0.15, 0.2) is 36.1 Å². The first-order chi connectivity index (χ1) is 5.70. The molecule has 0 aromatic heterocycles. The van der Waals surface area contributed by atoms with Crippen molar-refractivity contribution in [3.05, 3.63) is 36.1 Å². The fourth-order valence-corrected chi connectivity index (χ4v) is 0.389. The summed E-state index contributed by atoms with van der Waals surface area (Å²) in [5.41, 5.74) is 1.21. The third-order valence-corrected chi connectivity index (χ3v) is 1.25. The summed E-state index contributed by atoms with van der Waals surface area (Å²) < 4.78 is 4.84. The third kappa shape index (κ3) is 9.02. The highest BCUT2D eigenvalue weighted by Crippen LogP contribution is 1.98. The van der Waals surface area contributed by atoms with Gasteiger partial charge in [0.25, 0.3) is 0 Å². The van der Waals surface area contributed by atoms with Gasteiger partial charge in [-0.05, 0) is 19.9 Å². The lowest BCUT2D eigenvalue weighted by Crippen LogP contribution is -1.76. The first-order valence-corrected chi connectivity index (χ1v) is 4.24. The van der Waals surface area contributed by atoms with Gasteiger partial charge in [0, 0.05) is 0 Å². The molecule has 0 aromatic rings. The molecule has 0 bridgehead atoms. The number of hydrogen-bond acceptors (Lipinski definition) is 1. The Morgan fingerprint density at radius 1 is 1.25 bits per heavy atom. The zero-order chi connectivity index (χ0) is 9.98. The Bertz CT molecular complexity index is 164. The molecule has 0 rings (SSSR count). The van der Waals surface area contributed by atoms with Crippen LogP contribution in [-0.4, -0.2) is 7.11 Å². The van der Waals surface area contributed by atoms with Crippen molar-refractivity contribution in [2.45, 2.75) is 27.7 Å². The van der Waals surface area contributed by atoms with Crippen molar-refractivity contribution in [1.29, 1.82) is 0 Å². The Hall–Kier alpha value is -0.980. The van der Waals surface area contributed by atoms with Crippen LogP contribution in [0.3, 0.4) is 0 Å². The van der Waals surface area contributed by atoms with E-state index >= 15 is 0 Å². The SMILES string of the molecule is C=C(/C=C\C(C)=C/C)OC.CC. The minimum atomic E-state index is 0.682. The molecule has 0 atom stereocenters. The van der Waals surface area contributed by atoms with E-state index in [-0.39, 0.29) is 0 Å². The lowest BCUT2D eigenvalue weighted by Gasteiger charge is -1.94. The average Bonchev–Trinajstić information content (AvgIpc) is 2.16. The summed E-state index contributed by atoms with van der Waals surface area (Å²) in [5.74, 6) is 0.682. The number of ether oxygens (including phenoxy) is 1. The van der Waals surface area contributed by atoms with E-state index in [9.17, 15) is 0 Å². The standard InChI is InChI=1S/C9H14O.C2H6/c1-5-8(2)6-7-9(3)10-4;1-2/h5-7H,3H2,1-2,4H3;1-2H3/b7-6-,8-5-;. The molecule has 0 aliphatic rings. The normalized spacial score (nSPS) is 10.6. The molecular weight excluding hydrogens is 148 g/mol. The summed E-state index contributed by atoms with van der Waals surface area (Å²) in [4.78, 5) is 0. The number of methoxy groups -OCH3 is 1. The van der Waals surface area contributed by atoms with Crippen LogP contribution in [0.1, 0.15) is 27.7 Å². The van der Waals surface area contributed by atoms with E-state index in [0.29, 0.717) is 5.76 Å². The van der Waals surface area contributed by atoms with E-state index in [2.05, 4.69) is 6.58 Å². The van der Waals surface area contributed by atoms with Gasteiger partial charge >= 0.3 is 0 Å². The highest BCUT2D eigenvalue weighted by molar-refractivity contribution is 5.21. The van der Waals surface area contributed by atoms with E-state index in [1.165, 1.54) is 5.57 Å². The largest absolute Gasteiger partial charge is 0.497 e. The molecule has 1 nitrogen and oxygen atoms in total. The quantitative estimate of drug-likeness (QED) is 0.461. The molecule has 0 N–H and O–H groups in total. The molecule has 0 radical (unpaired) electrons. The lowest BCUT2D eigenvalue weighted by atomic mass is 10.2. The fraction of sp³-hybridized carbons (Fsp3) is 0.455. The smallest absolute Gasteiger partial charge is 0.111 e. The summed E-state index contributed by atoms with van der Waals surface area (Å²) in [6.07, 6.45) is 5.83. The fourth-order valence-electron chi connectivity index (χ4n) is 0.389. The summed E-state index contributed by atoms with van der Waals surface area (Å²) in [5, 5.41) is 0. The first-order valence-electron chi connectivity index (χ1n) is 4.24.